The first-order valence-electron chi connectivity index (χ1n) is 7.01. The van der Waals surface area contributed by atoms with Gasteiger partial charge in [-0.25, -0.2) is 0 Å². The van der Waals surface area contributed by atoms with Crippen LogP contribution < -0.4 is 5.32 Å². The van der Waals surface area contributed by atoms with E-state index in [1.165, 1.54) is 12.8 Å². The lowest BCUT2D eigenvalue weighted by Gasteiger charge is -2.37. The number of carbonyl (C=O) groups excluding carboxylic acids is 1. The average molecular weight is 324 g/mol. The highest BCUT2D eigenvalue weighted by Crippen LogP contribution is 2.40. The molecule has 2 rings (SSSR count). The maximum atomic E-state index is 12.3. The Bertz CT molecular complexity index is 439. The molecule has 0 bridgehead atoms. The average Bonchev–Trinajstić information content (AvgIpc) is 2.37. The van der Waals surface area contributed by atoms with E-state index >= 15 is 0 Å². The van der Waals surface area contributed by atoms with E-state index in [1.807, 2.05) is 24.3 Å². The molecular formula is C16H22BrNO. The Balaban J connectivity index is 1.92. The molecule has 19 heavy (non-hydrogen) atoms. The standard InChI is InChI=1S/C16H22BrNO/c1-16(2)10-4-3-5-14(16)15(19)18-11-12-6-8-13(17)9-7-12/h6-9,14H,3-5,10-11H2,1-2H3,(H,18,19). The van der Waals surface area contributed by atoms with Crippen molar-refractivity contribution in [1.82, 2.24) is 5.32 Å². The minimum Gasteiger partial charge on any atom is -0.352 e. The highest BCUT2D eigenvalue weighted by Gasteiger charge is 2.36. The summed E-state index contributed by atoms with van der Waals surface area (Å²) in [4.78, 5) is 12.3. The molecular weight excluding hydrogens is 302 g/mol. The van der Waals surface area contributed by atoms with Gasteiger partial charge < -0.3 is 5.32 Å². The van der Waals surface area contributed by atoms with E-state index in [0.29, 0.717) is 6.54 Å². The topological polar surface area (TPSA) is 29.1 Å². The van der Waals surface area contributed by atoms with Crippen LogP contribution in [0, 0.1) is 11.3 Å². The highest BCUT2D eigenvalue weighted by molar-refractivity contribution is 9.10. The zero-order valence-corrected chi connectivity index (χ0v) is 13.3. The number of hydrogen-bond acceptors (Lipinski definition) is 1. The first-order chi connectivity index (χ1) is 8.99. The van der Waals surface area contributed by atoms with Crippen LogP contribution in [0.15, 0.2) is 28.7 Å². The number of hydrogen-bond donors (Lipinski definition) is 1. The fourth-order valence-corrected chi connectivity index (χ4v) is 3.16. The summed E-state index contributed by atoms with van der Waals surface area (Å²) in [6, 6.07) is 8.09. The SMILES string of the molecule is CC1(C)CCCCC1C(=O)NCc1ccc(Br)cc1. The van der Waals surface area contributed by atoms with Crippen LogP contribution in [0.5, 0.6) is 0 Å². The third-order valence-electron chi connectivity index (χ3n) is 4.20. The van der Waals surface area contributed by atoms with Crippen molar-refractivity contribution in [3.63, 3.8) is 0 Å². The zero-order chi connectivity index (χ0) is 13.9. The molecule has 104 valence electrons. The minimum absolute atomic E-state index is 0.141. The van der Waals surface area contributed by atoms with Crippen LogP contribution >= 0.6 is 15.9 Å². The Morgan fingerprint density at radius 2 is 2.00 bits per heavy atom. The van der Waals surface area contributed by atoms with E-state index in [1.54, 1.807) is 0 Å². The van der Waals surface area contributed by atoms with E-state index in [9.17, 15) is 4.79 Å². The molecule has 1 aromatic rings. The van der Waals surface area contributed by atoms with Crippen molar-refractivity contribution in [2.24, 2.45) is 11.3 Å². The van der Waals surface area contributed by atoms with Gasteiger partial charge in [0.15, 0.2) is 0 Å². The van der Waals surface area contributed by atoms with E-state index in [-0.39, 0.29) is 17.2 Å². The van der Waals surface area contributed by atoms with E-state index < -0.39 is 0 Å². The summed E-state index contributed by atoms with van der Waals surface area (Å²) < 4.78 is 1.07. The van der Waals surface area contributed by atoms with Gasteiger partial charge in [0.2, 0.25) is 5.91 Å². The lowest BCUT2D eigenvalue weighted by Crippen LogP contribution is -2.40. The number of amides is 1. The van der Waals surface area contributed by atoms with Crippen LogP contribution in [0.3, 0.4) is 0 Å². The van der Waals surface area contributed by atoms with Crippen molar-refractivity contribution in [3.05, 3.63) is 34.3 Å². The first-order valence-corrected chi connectivity index (χ1v) is 7.80. The molecule has 0 heterocycles. The second kappa shape index (κ2) is 6.08. The fourth-order valence-electron chi connectivity index (χ4n) is 2.89. The van der Waals surface area contributed by atoms with Crippen LogP contribution in [-0.2, 0) is 11.3 Å². The molecule has 0 aliphatic heterocycles. The van der Waals surface area contributed by atoms with Crippen LogP contribution in [0.25, 0.3) is 0 Å². The molecule has 1 fully saturated rings. The van der Waals surface area contributed by atoms with Gasteiger partial charge in [0.25, 0.3) is 0 Å². The Labute approximate surface area is 124 Å². The fraction of sp³-hybridized carbons (Fsp3) is 0.562. The lowest BCUT2D eigenvalue weighted by atomic mass is 9.68. The molecule has 0 saturated heterocycles. The molecule has 0 spiro atoms. The summed E-state index contributed by atoms with van der Waals surface area (Å²) in [5.41, 5.74) is 1.28. The lowest BCUT2D eigenvalue weighted by molar-refractivity contribution is -0.130. The van der Waals surface area contributed by atoms with Crippen LogP contribution in [0.4, 0.5) is 0 Å². The summed E-state index contributed by atoms with van der Waals surface area (Å²) >= 11 is 3.42. The molecule has 1 saturated carbocycles. The van der Waals surface area contributed by atoms with Crippen LogP contribution in [0.1, 0.15) is 45.1 Å². The van der Waals surface area contributed by atoms with Gasteiger partial charge in [-0.15, -0.1) is 0 Å². The number of halogens is 1. The van der Waals surface area contributed by atoms with Crippen molar-refractivity contribution in [1.29, 1.82) is 0 Å². The first kappa shape index (κ1) is 14.6. The predicted molar refractivity (Wildman–Crippen MR) is 81.7 cm³/mol. The zero-order valence-electron chi connectivity index (χ0n) is 11.7. The molecule has 1 N–H and O–H groups in total. The maximum Gasteiger partial charge on any atom is 0.223 e. The number of benzene rings is 1. The second-order valence-corrected chi connectivity index (χ2v) is 7.05. The van der Waals surface area contributed by atoms with Gasteiger partial charge >= 0.3 is 0 Å². The Morgan fingerprint density at radius 3 is 2.63 bits per heavy atom. The number of nitrogens with one attached hydrogen (secondary N) is 1. The maximum absolute atomic E-state index is 12.3. The summed E-state index contributed by atoms with van der Waals surface area (Å²) in [6.07, 6.45) is 4.62. The van der Waals surface area contributed by atoms with Gasteiger partial charge in [0, 0.05) is 16.9 Å². The van der Waals surface area contributed by atoms with Crippen molar-refractivity contribution in [2.45, 2.75) is 46.1 Å². The Morgan fingerprint density at radius 1 is 1.32 bits per heavy atom. The molecule has 0 aromatic heterocycles. The Hall–Kier alpha value is -0.830. The van der Waals surface area contributed by atoms with Gasteiger partial charge in [0.05, 0.1) is 0 Å². The van der Waals surface area contributed by atoms with E-state index in [2.05, 4.69) is 35.1 Å². The second-order valence-electron chi connectivity index (χ2n) is 6.13. The predicted octanol–water partition coefficient (Wildman–Crippen LogP) is 4.28. The summed E-state index contributed by atoms with van der Waals surface area (Å²) in [5.74, 6) is 0.379. The molecule has 1 aliphatic rings. The summed E-state index contributed by atoms with van der Waals surface area (Å²) in [7, 11) is 0. The molecule has 1 aromatic carbocycles. The monoisotopic (exact) mass is 323 g/mol. The van der Waals surface area contributed by atoms with Gasteiger partial charge in [-0.05, 0) is 36.0 Å². The van der Waals surface area contributed by atoms with Crippen LogP contribution in [-0.4, -0.2) is 5.91 Å². The number of carbonyl (C=O) groups is 1. The minimum atomic E-state index is 0.141. The van der Waals surface area contributed by atoms with Gasteiger partial charge in [-0.3, -0.25) is 4.79 Å². The third kappa shape index (κ3) is 3.82. The molecule has 1 aliphatic carbocycles. The normalized spacial score (nSPS) is 21.9. The van der Waals surface area contributed by atoms with Crippen molar-refractivity contribution >= 4 is 21.8 Å². The molecule has 1 atom stereocenters. The Kier molecular flexibility index (Phi) is 4.67. The summed E-state index contributed by atoms with van der Waals surface area (Å²) in [6.45, 7) is 5.06. The van der Waals surface area contributed by atoms with Crippen molar-refractivity contribution in [3.8, 4) is 0 Å². The molecule has 1 unspecified atom stereocenters. The van der Waals surface area contributed by atoms with Gasteiger partial charge in [-0.1, -0.05) is 54.8 Å². The highest BCUT2D eigenvalue weighted by atomic mass is 79.9. The van der Waals surface area contributed by atoms with Gasteiger partial charge in [0.1, 0.15) is 0 Å². The van der Waals surface area contributed by atoms with Crippen molar-refractivity contribution < 1.29 is 4.79 Å². The van der Waals surface area contributed by atoms with Crippen molar-refractivity contribution in [2.75, 3.05) is 0 Å². The van der Waals surface area contributed by atoms with E-state index in [4.69, 9.17) is 0 Å². The smallest absolute Gasteiger partial charge is 0.223 e. The third-order valence-corrected chi connectivity index (χ3v) is 4.73. The summed E-state index contributed by atoms with van der Waals surface area (Å²) in [5, 5.41) is 3.09. The van der Waals surface area contributed by atoms with E-state index in [0.717, 1.165) is 22.9 Å². The van der Waals surface area contributed by atoms with Crippen LogP contribution in [0.2, 0.25) is 0 Å². The molecule has 1 amide bonds. The number of rotatable bonds is 3. The largest absolute Gasteiger partial charge is 0.352 e. The quantitative estimate of drug-likeness (QED) is 0.883. The molecule has 0 radical (unpaired) electrons. The molecule has 2 nitrogen and oxygen atoms in total. The molecule has 3 heteroatoms. The van der Waals surface area contributed by atoms with Gasteiger partial charge in [-0.2, -0.15) is 0 Å².